The summed E-state index contributed by atoms with van der Waals surface area (Å²) in [5.41, 5.74) is 2.72. The fourth-order valence-corrected chi connectivity index (χ4v) is 3.63. The van der Waals surface area contributed by atoms with Gasteiger partial charge in [0.2, 0.25) is 5.91 Å². The number of carbonyl (C=O) groups excluding carboxylic acids is 1. The van der Waals surface area contributed by atoms with Crippen LogP contribution in [0.15, 0.2) is 23.1 Å². The van der Waals surface area contributed by atoms with E-state index in [0.29, 0.717) is 12.3 Å². The van der Waals surface area contributed by atoms with Gasteiger partial charge in [0.25, 0.3) is 0 Å². The van der Waals surface area contributed by atoms with Crippen molar-refractivity contribution < 1.29 is 9.32 Å². The highest BCUT2D eigenvalue weighted by atomic mass is 16.5. The Morgan fingerprint density at radius 1 is 1.38 bits per heavy atom. The minimum Gasteiger partial charge on any atom is -0.356 e. The van der Waals surface area contributed by atoms with Gasteiger partial charge in [-0.05, 0) is 40.2 Å². The van der Waals surface area contributed by atoms with Crippen LogP contribution in [0.1, 0.15) is 44.0 Å². The number of hydrogen-bond acceptors (Lipinski definition) is 6. The first-order chi connectivity index (χ1) is 12.6. The standard InChI is InChI=1S/C19H27N5O2/c1-4-24(5-2)18(25)12-23-8-6-7-15(11-23)19-16(10-20-13-21-19)17-9-14(3)22-26-17/h9-10,13,15H,4-8,11-12H2,1-3H3/t15-/m1/s1. The topological polar surface area (TPSA) is 75.4 Å². The van der Waals surface area contributed by atoms with Gasteiger partial charge in [0.15, 0.2) is 5.76 Å². The number of rotatable bonds is 6. The van der Waals surface area contributed by atoms with Crippen molar-refractivity contribution in [3.63, 3.8) is 0 Å². The van der Waals surface area contributed by atoms with Crippen molar-refractivity contribution in [2.75, 3.05) is 32.7 Å². The molecule has 0 aliphatic carbocycles. The average Bonchev–Trinajstić information content (AvgIpc) is 3.09. The SMILES string of the molecule is CCN(CC)C(=O)CN1CCC[C@@H](c2ncncc2-c2cc(C)no2)C1. The van der Waals surface area contributed by atoms with Gasteiger partial charge in [-0.15, -0.1) is 0 Å². The van der Waals surface area contributed by atoms with Crippen LogP contribution in [-0.4, -0.2) is 63.6 Å². The highest BCUT2D eigenvalue weighted by molar-refractivity contribution is 5.78. The van der Waals surface area contributed by atoms with Crippen molar-refractivity contribution in [1.29, 1.82) is 0 Å². The van der Waals surface area contributed by atoms with Crippen LogP contribution in [0, 0.1) is 6.92 Å². The summed E-state index contributed by atoms with van der Waals surface area (Å²) in [6.45, 7) is 9.70. The molecule has 7 heteroatoms. The molecule has 2 aromatic heterocycles. The third kappa shape index (κ3) is 4.09. The van der Waals surface area contributed by atoms with Gasteiger partial charge in [-0.2, -0.15) is 0 Å². The highest BCUT2D eigenvalue weighted by Crippen LogP contribution is 2.32. The number of likely N-dealkylation sites (N-methyl/N-ethyl adjacent to an activating group) is 1. The van der Waals surface area contributed by atoms with E-state index in [1.807, 2.05) is 31.7 Å². The van der Waals surface area contributed by atoms with Gasteiger partial charge in [0, 0.05) is 37.8 Å². The van der Waals surface area contributed by atoms with Crippen LogP contribution in [0.25, 0.3) is 11.3 Å². The van der Waals surface area contributed by atoms with Crippen molar-refractivity contribution in [2.45, 2.75) is 39.5 Å². The lowest BCUT2D eigenvalue weighted by molar-refractivity contribution is -0.132. The summed E-state index contributed by atoms with van der Waals surface area (Å²) in [6, 6.07) is 1.91. The zero-order valence-corrected chi connectivity index (χ0v) is 15.8. The second kappa shape index (κ2) is 8.40. The van der Waals surface area contributed by atoms with E-state index in [9.17, 15) is 4.79 Å². The Kier molecular flexibility index (Phi) is 5.98. The van der Waals surface area contributed by atoms with E-state index in [2.05, 4.69) is 20.0 Å². The van der Waals surface area contributed by atoms with Crippen molar-refractivity contribution in [2.24, 2.45) is 0 Å². The maximum Gasteiger partial charge on any atom is 0.236 e. The van der Waals surface area contributed by atoms with Gasteiger partial charge in [-0.25, -0.2) is 9.97 Å². The summed E-state index contributed by atoms with van der Waals surface area (Å²) in [5.74, 6) is 1.16. The van der Waals surface area contributed by atoms with E-state index < -0.39 is 0 Å². The van der Waals surface area contributed by atoms with Crippen molar-refractivity contribution in [1.82, 2.24) is 24.9 Å². The first-order valence-corrected chi connectivity index (χ1v) is 9.36. The van der Waals surface area contributed by atoms with E-state index in [1.54, 1.807) is 12.5 Å². The third-order valence-electron chi connectivity index (χ3n) is 5.00. The molecule has 1 fully saturated rings. The minimum absolute atomic E-state index is 0.199. The van der Waals surface area contributed by atoms with Crippen LogP contribution in [0.3, 0.4) is 0 Å². The maximum absolute atomic E-state index is 12.4. The fraction of sp³-hybridized carbons (Fsp3) is 0.579. The first-order valence-electron chi connectivity index (χ1n) is 9.36. The van der Waals surface area contributed by atoms with Crippen LogP contribution in [0.5, 0.6) is 0 Å². The van der Waals surface area contributed by atoms with E-state index in [-0.39, 0.29) is 11.8 Å². The van der Waals surface area contributed by atoms with Crippen LogP contribution < -0.4 is 0 Å². The highest BCUT2D eigenvalue weighted by Gasteiger charge is 2.27. The summed E-state index contributed by atoms with van der Waals surface area (Å²) in [4.78, 5) is 25.3. The number of nitrogens with zero attached hydrogens (tertiary/aromatic N) is 5. The van der Waals surface area contributed by atoms with Crippen LogP contribution >= 0.6 is 0 Å². The minimum atomic E-state index is 0.199. The predicted octanol–water partition coefficient (Wildman–Crippen LogP) is 2.49. The second-order valence-corrected chi connectivity index (χ2v) is 6.79. The Hall–Kier alpha value is -2.28. The number of aryl methyl sites for hydroxylation is 1. The van der Waals surface area contributed by atoms with E-state index in [4.69, 9.17) is 4.52 Å². The molecule has 0 spiro atoms. The molecule has 3 heterocycles. The molecule has 0 bridgehead atoms. The molecule has 2 aromatic rings. The molecule has 0 N–H and O–H groups in total. The molecule has 1 aliphatic heterocycles. The van der Waals surface area contributed by atoms with Gasteiger partial charge >= 0.3 is 0 Å². The summed E-state index contributed by atoms with van der Waals surface area (Å²) < 4.78 is 5.43. The monoisotopic (exact) mass is 357 g/mol. The third-order valence-corrected chi connectivity index (χ3v) is 5.00. The molecule has 0 unspecified atom stereocenters. The number of likely N-dealkylation sites (tertiary alicyclic amines) is 1. The van der Waals surface area contributed by atoms with Crippen molar-refractivity contribution >= 4 is 5.91 Å². The second-order valence-electron chi connectivity index (χ2n) is 6.79. The van der Waals surface area contributed by atoms with E-state index >= 15 is 0 Å². The molecule has 1 atom stereocenters. The smallest absolute Gasteiger partial charge is 0.236 e. The Bertz CT molecular complexity index is 741. The molecule has 3 rings (SSSR count). The Morgan fingerprint density at radius 3 is 2.88 bits per heavy atom. The summed E-state index contributed by atoms with van der Waals surface area (Å²) in [7, 11) is 0. The summed E-state index contributed by atoms with van der Waals surface area (Å²) in [5, 5.41) is 3.98. The number of hydrogen-bond donors (Lipinski definition) is 0. The predicted molar refractivity (Wildman–Crippen MR) is 98.6 cm³/mol. The van der Waals surface area contributed by atoms with Gasteiger partial charge in [0.05, 0.1) is 23.5 Å². The molecule has 7 nitrogen and oxygen atoms in total. The Labute approximate surface area is 154 Å². The van der Waals surface area contributed by atoms with Crippen LogP contribution in [0.2, 0.25) is 0 Å². The number of amides is 1. The number of carbonyl (C=O) groups is 1. The van der Waals surface area contributed by atoms with Crippen LogP contribution in [-0.2, 0) is 4.79 Å². The molecule has 0 radical (unpaired) electrons. The lowest BCUT2D eigenvalue weighted by Crippen LogP contribution is -2.43. The molecular formula is C19H27N5O2. The van der Waals surface area contributed by atoms with Crippen LogP contribution in [0.4, 0.5) is 0 Å². The van der Waals surface area contributed by atoms with Crippen molar-refractivity contribution in [3.05, 3.63) is 30.0 Å². The lowest BCUT2D eigenvalue weighted by atomic mass is 9.91. The summed E-state index contributed by atoms with van der Waals surface area (Å²) >= 11 is 0. The zero-order valence-electron chi connectivity index (χ0n) is 15.8. The van der Waals surface area contributed by atoms with Crippen molar-refractivity contribution in [3.8, 4) is 11.3 Å². The fourth-order valence-electron chi connectivity index (χ4n) is 3.63. The quantitative estimate of drug-likeness (QED) is 0.791. The molecular weight excluding hydrogens is 330 g/mol. The normalized spacial score (nSPS) is 18.0. The van der Waals surface area contributed by atoms with Gasteiger partial charge in [-0.3, -0.25) is 9.69 Å². The molecule has 1 saturated heterocycles. The molecule has 1 aliphatic rings. The maximum atomic E-state index is 12.4. The molecule has 26 heavy (non-hydrogen) atoms. The zero-order chi connectivity index (χ0) is 18.5. The first kappa shape index (κ1) is 18.5. The average molecular weight is 357 g/mol. The van der Waals surface area contributed by atoms with Gasteiger partial charge < -0.3 is 9.42 Å². The molecule has 0 aromatic carbocycles. The molecule has 1 amide bonds. The Morgan fingerprint density at radius 2 is 2.19 bits per heavy atom. The molecule has 140 valence electrons. The van der Waals surface area contributed by atoms with Gasteiger partial charge in [-0.1, -0.05) is 5.16 Å². The van der Waals surface area contributed by atoms with E-state index in [1.165, 1.54) is 0 Å². The summed E-state index contributed by atoms with van der Waals surface area (Å²) in [6.07, 6.45) is 5.48. The largest absolute Gasteiger partial charge is 0.356 e. The van der Waals surface area contributed by atoms with E-state index in [0.717, 1.165) is 56.0 Å². The Balaban J connectivity index is 1.75. The molecule has 0 saturated carbocycles. The number of aromatic nitrogens is 3. The van der Waals surface area contributed by atoms with Gasteiger partial charge in [0.1, 0.15) is 6.33 Å². The lowest BCUT2D eigenvalue weighted by Gasteiger charge is -2.33. The number of piperidine rings is 1.